The summed E-state index contributed by atoms with van der Waals surface area (Å²) in [5.41, 5.74) is 3.66. The molecule has 0 unspecified atom stereocenters. The molecule has 2 aliphatic heterocycles. The zero-order chi connectivity index (χ0) is 19.0. The number of rotatable bonds is 2. The summed E-state index contributed by atoms with van der Waals surface area (Å²) in [6.45, 7) is 1.87. The van der Waals surface area contributed by atoms with E-state index >= 15 is 0 Å². The first kappa shape index (κ1) is 17.9. The number of amidine groups is 1. The van der Waals surface area contributed by atoms with Crippen LogP contribution in [0.4, 0.5) is 5.69 Å². The summed E-state index contributed by atoms with van der Waals surface area (Å²) in [5, 5.41) is 4.43. The van der Waals surface area contributed by atoms with Crippen LogP contribution in [0, 0.1) is 5.41 Å². The molecule has 1 spiro atoms. The van der Waals surface area contributed by atoms with Gasteiger partial charge in [0.1, 0.15) is 19.0 Å². The number of nitrogens with zero attached hydrogens (tertiary/aromatic N) is 1. The zero-order valence-electron chi connectivity index (χ0n) is 16.0. The van der Waals surface area contributed by atoms with Crippen LogP contribution in [0.1, 0.15) is 43.2 Å². The SMILES string of the molecule is Clc1cccc(CN=C2Nc3cc4c(cc3CC23CCCCC3)OCCO4)c1. The molecule has 0 amide bonds. The minimum atomic E-state index is 0.105. The highest BCUT2D eigenvalue weighted by atomic mass is 35.5. The maximum Gasteiger partial charge on any atom is 0.163 e. The van der Waals surface area contributed by atoms with Crippen molar-refractivity contribution in [2.75, 3.05) is 18.5 Å². The Kier molecular flexibility index (Phi) is 4.67. The minimum absolute atomic E-state index is 0.105. The second kappa shape index (κ2) is 7.32. The van der Waals surface area contributed by atoms with Crippen LogP contribution < -0.4 is 14.8 Å². The van der Waals surface area contributed by atoms with Crippen molar-refractivity contribution in [3.05, 3.63) is 52.5 Å². The van der Waals surface area contributed by atoms with Crippen molar-refractivity contribution in [3.63, 3.8) is 0 Å². The summed E-state index contributed by atoms with van der Waals surface area (Å²) < 4.78 is 11.6. The molecule has 2 aromatic carbocycles. The fourth-order valence-corrected chi connectivity index (χ4v) is 4.97. The number of aliphatic imine (C=N–C) groups is 1. The number of nitrogens with one attached hydrogen (secondary N) is 1. The molecule has 0 bridgehead atoms. The summed E-state index contributed by atoms with van der Waals surface area (Å²) in [6, 6.07) is 12.2. The van der Waals surface area contributed by atoms with Crippen molar-refractivity contribution < 1.29 is 9.47 Å². The van der Waals surface area contributed by atoms with Gasteiger partial charge in [-0.25, -0.2) is 0 Å². The zero-order valence-corrected chi connectivity index (χ0v) is 16.7. The van der Waals surface area contributed by atoms with Gasteiger partial charge in [0, 0.05) is 22.2 Å². The Hall–Kier alpha value is -2.20. The normalized spacial score (nSPS) is 21.2. The fraction of sp³-hybridized carbons (Fsp3) is 0.435. The Labute approximate surface area is 170 Å². The predicted octanol–water partition coefficient (Wildman–Crippen LogP) is 5.63. The Bertz CT molecular complexity index is 919. The van der Waals surface area contributed by atoms with Gasteiger partial charge in [-0.2, -0.15) is 0 Å². The van der Waals surface area contributed by atoms with Crippen molar-refractivity contribution >= 4 is 23.1 Å². The standard InChI is InChI=1S/C23H25ClN2O2/c24-18-6-4-5-16(11-18)15-25-22-23(7-2-1-3-8-23)14-17-12-20-21(13-19(17)26-22)28-10-9-27-20/h4-6,11-13H,1-3,7-10,14-15H2,(H,25,26). The molecule has 4 nitrogen and oxygen atoms in total. The summed E-state index contributed by atoms with van der Waals surface area (Å²) >= 11 is 6.15. The van der Waals surface area contributed by atoms with Crippen LogP contribution in [0.15, 0.2) is 41.4 Å². The van der Waals surface area contributed by atoms with Crippen LogP contribution in [0.3, 0.4) is 0 Å². The molecular formula is C23H25ClN2O2. The van der Waals surface area contributed by atoms with Crippen molar-refractivity contribution in [1.82, 2.24) is 0 Å². The van der Waals surface area contributed by atoms with Crippen molar-refractivity contribution in [3.8, 4) is 11.5 Å². The van der Waals surface area contributed by atoms with Crippen LogP contribution >= 0.6 is 11.6 Å². The molecule has 2 heterocycles. The van der Waals surface area contributed by atoms with E-state index < -0.39 is 0 Å². The van der Waals surface area contributed by atoms with E-state index in [0.29, 0.717) is 19.8 Å². The predicted molar refractivity (Wildman–Crippen MR) is 113 cm³/mol. The van der Waals surface area contributed by atoms with E-state index in [1.807, 2.05) is 18.2 Å². The lowest BCUT2D eigenvalue weighted by molar-refractivity contribution is 0.171. The highest BCUT2D eigenvalue weighted by molar-refractivity contribution is 6.30. The average Bonchev–Trinajstić information content (AvgIpc) is 2.71. The van der Waals surface area contributed by atoms with Crippen LogP contribution in [0.2, 0.25) is 5.02 Å². The lowest BCUT2D eigenvalue weighted by atomic mass is 9.67. The van der Waals surface area contributed by atoms with Crippen LogP contribution in [0.25, 0.3) is 0 Å². The van der Waals surface area contributed by atoms with Crippen LogP contribution in [0.5, 0.6) is 11.5 Å². The molecule has 0 atom stereocenters. The fourth-order valence-electron chi connectivity index (χ4n) is 4.76. The van der Waals surface area contributed by atoms with Gasteiger partial charge in [-0.1, -0.05) is 43.0 Å². The lowest BCUT2D eigenvalue weighted by Crippen LogP contribution is -2.43. The molecule has 0 saturated heterocycles. The second-order valence-corrected chi connectivity index (χ2v) is 8.53. The van der Waals surface area contributed by atoms with Gasteiger partial charge in [0.05, 0.1) is 6.54 Å². The highest BCUT2D eigenvalue weighted by Gasteiger charge is 2.41. The van der Waals surface area contributed by atoms with E-state index in [1.54, 1.807) is 0 Å². The van der Waals surface area contributed by atoms with Gasteiger partial charge in [-0.15, -0.1) is 0 Å². The van der Waals surface area contributed by atoms with Crippen LogP contribution in [-0.2, 0) is 13.0 Å². The molecule has 1 fully saturated rings. The molecule has 0 radical (unpaired) electrons. The maximum absolute atomic E-state index is 6.15. The molecule has 0 aromatic heterocycles. The van der Waals surface area contributed by atoms with Gasteiger partial charge in [-0.05, 0) is 48.6 Å². The molecular weight excluding hydrogens is 372 g/mol. The van der Waals surface area contributed by atoms with Gasteiger partial charge in [0.25, 0.3) is 0 Å². The summed E-state index contributed by atoms with van der Waals surface area (Å²) in [5.74, 6) is 2.82. The lowest BCUT2D eigenvalue weighted by Gasteiger charge is -2.43. The van der Waals surface area contributed by atoms with E-state index in [1.165, 1.54) is 37.7 Å². The minimum Gasteiger partial charge on any atom is -0.486 e. The van der Waals surface area contributed by atoms with Crippen molar-refractivity contribution in [2.45, 2.75) is 45.1 Å². The van der Waals surface area contributed by atoms with Gasteiger partial charge in [0.15, 0.2) is 11.5 Å². The van der Waals surface area contributed by atoms with E-state index in [2.05, 4.69) is 23.5 Å². The first-order valence-corrected chi connectivity index (χ1v) is 10.6. The molecule has 3 aliphatic rings. The van der Waals surface area contributed by atoms with E-state index in [0.717, 1.165) is 40.0 Å². The second-order valence-electron chi connectivity index (χ2n) is 8.09. The maximum atomic E-state index is 6.15. The Morgan fingerprint density at radius 1 is 1.00 bits per heavy atom. The van der Waals surface area contributed by atoms with Crippen LogP contribution in [-0.4, -0.2) is 19.0 Å². The topological polar surface area (TPSA) is 42.9 Å². The van der Waals surface area contributed by atoms with Crippen molar-refractivity contribution in [2.24, 2.45) is 10.4 Å². The number of fused-ring (bicyclic) bond motifs is 2. The Morgan fingerprint density at radius 3 is 2.57 bits per heavy atom. The summed E-state index contributed by atoms with van der Waals surface area (Å²) in [4.78, 5) is 5.06. The smallest absolute Gasteiger partial charge is 0.163 e. The average molecular weight is 397 g/mol. The Balaban J connectivity index is 1.50. The third kappa shape index (κ3) is 3.35. The third-order valence-corrected chi connectivity index (χ3v) is 6.41. The molecule has 5 rings (SSSR count). The quantitative estimate of drug-likeness (QED) is 0.715. The van der Waals surface area contributed by atoms with E-state index in [9.17, 15) is 0 Å². The number of hydrogen-bond donors (Lipinski definition) is 1. The molecule has 2 aromatic rings. The monoisotopic (exact) mass is 396 g/mol. The van der Waals surface area contributed by atoms with E-state index in [-0.39, 0.29) is 5.41 Å². The van der Waals surface area contributed by atoms with Gasteiger partial charge < -0.3 is 14.8 Å². The largest absolute Gasteiger partial charge is 0.486 e. The summed E-state index contributed by atoms with van der Waals surface area (Å²) in [7, 11) is 0. The third-order valence-electron chi connectivity index (χ3n) is 6.17. The number of benzene rings is 2. The molecule has 146 valence electrons. The van der Waals surface area contributed by atoms with Gasteiger partial charge >= 0.3 is 0 Å². The Morgan fingerprint density at radius 2 is 1.79 bits per heavy atom. The number of halogens is 1. The summed E-state index contributed by atoms with van der Waals surface area (Å²) in [6.07, 6.45) is 7.22. The number of anilines is 1. The highest BCUT2D eigenvalue weighted by Crippen LogP contribution is 2.47. The number of hydrogen-bond acceptors (Lipinski definition) is 3. The molecule has 1 saturated carbocycles. The first-order chi connectivity index (χ1) is 13.7. The van der Waals surface area contributed by atoms with E-state index in [4.69, 9.17) is 26.1 Å². The molecule has 1 N–H and O–H groups in total. The number of ether oxygens (including phenoxy) is 2. The molecule has 1 aliphatic carbocycles. The van der Waals surface area contributed by atoms with Gasteiger partial charge in [-0.3, -0.25) is 4.99 Å². The first-order valence-electron chi connectivity index (χ1n) is 10.2. The molecule has 5 heteroatoms. The van der Waals surface area contributed by atoms with Crippen molar-refractivity contribution in [1.29, 1.82) is 0 Å². The van der Waals surface area contributed by atoms with Gasteiger partial charge in [0.2, 0.25) is 0 Å². The molecule has 28 heavy (non-hydrogen) atoms.